The maximum atomic E-state index is 15.0. The van der Waals surface area contributed by atoms with Gasteiger partial charge in [0.15, 0.2) is 11.6 Å². The van der Waals surface area contributed by atoms with Crippen molar-refractivity contribution < 1.29 is 13.9 Å². The predicted octanol–water partition coefficient (Wildman–Crippen LogP) is 8.07. The van der Waals surface area contributed by atoms with Crippen LogP contribution in [0.3, 0.4) is 0 Å². The number of ether oxygens (including phenoxy) is 2. The highest BCUT2D eigenvalue weighted by molar-refractivity contribution is 5.85. The molecular formula is C32H29FN4O2. The van der Waals surface area contributed by atoms with Crippen molar-refractivity contribution in [3.05, 3.63) is 108 Å². The molecule has 5 rings (SSSR count). The number of methoxy groups -OCH3 is 2. The molecule has 0 aliphatic carbocycles. The molecule has 0 fully saturated rings. The normalized spacial score (nSPS) is 10.7. The molecule has 1 aromatic heterocycles. The molecule has 0 atom stereocenters. The second-order valence-electron chi connectivity index (χ2n) is 9.14. The fourth-order valence-corrected chi connectivity index (χ4v) is 4.48. The number of anilines is 4. The van der Waals surface area contributed by atoms with Crippen LogP contribution in [0.1, 0.15) is 11.1 Å². The lowest BCUT2D eigenvalue weighted by molar-refractivity contribution is 0.416. The van der Waals surface area contributed by atoms with Gasteiger partial charge in [-0.3, -0.25) is 0 Å². The minimum Gasteiger partial charge on any atom is -0.496 e. The minimum atomic E-state index is -0.569. The highest BCUT2D eigenvalue weighted by Crippen LogP contribution is 2.38. The van der Waals surface area contributed by atoms with Gasteiger partial charge in [0.25, 0.3) is 0 Å². The average molecular weight is 521 g/mol. The highest BCUT2D eigenvalue weighted by atomic mass is 19.1. The van der Waals surface area contributed by atoms with Crippen LogP contribution in [0.5, 0.6) is 11.5 Å². The van der Waals surface area contributed by atoms with Crippen molar-refractivity contribution in [3.8, 4) is 33.8 Å². The van der Waals surface area contributed by atoms with Crippen molar-refractivity contribution >= 4 is 23.1 Å². The number of aryl methyl sites for hydroxylation is 2. The van der Waals surface area contributed by atoms with Crippen LogP contribution in [0.2, 0.25) is 0 Å². The second-order valence-corrected chi connectivity index (χ2v) is 9.14. The van der Waals surface area contributed by atoms with Gasteiger partial charge in [-0.15, -0.1) is 0 Å². The first kappa shape index (κ1) is 25.7. The molecule has 0 amide bonds. The third-order valence-electron chi connectivity index (χ3n) is 6.39. The van der Waals surface area contributed by atoms with Crippen LogP contribution >= 0.6 is 0 Å². The van der Waals surface area contributed by atoms with Crippen LogP contribution < -0.4 is 20.1 Å². The number of hydrogen-bond acceptors (Lipinski definition) is 6. The standard InChI is InChI=1S/C32H29FN4O2/c1-20-13-15-29(38-3)24(17-20)22-9-5-7-11-27(22)35-31-26(33)19-34-32(37-31)36-28-12-8-6-10-23(28)25-18-21(2)14-16-30(25)39-4/h5-19H,1-4H3,(H2,34,35,36,37). The minimum absolute atomic E-state index is 0.0530. The summed E-state index contributed by atoms with van der Waals surface area (Å²) >= 11 is 0. The van der Waals surface area contributed by atoms with Gasteiger partial charge in [0, 0.05) is 33.6 Å². The molecule has 0 spiro atoms. The molecule has 1 heterocycles. The maximum Gasteiger partial charge on any atom is 0.229 e. The summed E-state index contributed by atoms with van der Waals surface area (Å²) in [5, 5.41) is 6.43. The van der Waals surface area contributed by atoms with E-state index in [1.54, 1.807) is 14.2 Å². The molecule has 0 aliphatic rings. The topological polar surface area (TPSA) is 68.3 Å². The van der Waals surface area contributed by atoms with Crippen LogP contribution in [0.15, 0.2) is 91.1 Å². The summed E-state index contributed by atoms with van der Waals surface area (Å²) in [6.45, 7) is 4.05. The van der Waals surface area contributed by atoms with E-state index in [0.29, 0.717) is 5.69 Å². The predicted molar refractivity (Wildman–Crippen MR) is 155 cm³/mol. The first-order valence-electron chi connectivity index (χ1n) is 12.5. The summed E-state index contributed by atoms with van der Waals surface area (Å²) in [5.74, 6) is 1.21. The zero-order valence-electron chi connectivity index (χ0n) is 22.2. The molecule has 7 heteroatoms. The summed E-state index contributed by atoms with van der Waals surface area (Å²) in [6, 6.07) is 27.4. The lowest BCUT2D eigenvalue weighted by atomic mass is 10.0. The summed E-state index contributed by atoms with van der Waals surface area (Å²) in [6.07, 6.45) is 1.16. The van der Waals surface area contributed by atoms with Crippen molar-refractivity contribution in [2.24, 2.45) is 0 Å². The fraction of sp³-hybridized carbons (Fsp3) is 0.125. The average Bonchev–Trinajstić information content (AvgIpc) is 2.95. The molecule has 0 saturated carbocycles. The Hall–Kier alpha value is -4.91. The molecule has 5 aromatic rings. The number of nitrogens with one attached hydrogen (secondary N) is 2. The van der Waals surface area contributed by atoms with Crippen molar-refractivity contribution in [3.63, 3.8) is 0 Å². The number of benzene rings is 4. The van der Waals surface area contributed by atoms with Crippen LogP contribution in [-0.4, -0.2) is 24.2 Å². The van der Waals surface area contributed by atoms with Gasteiger partial charge in [-0.1, -0.05) is 59.7 Å². The molecule has 2 N–H and O–H groups in total. The van der Waals surface area contributed by atoms with Gasteiger partial charge in [-0.25, -0.2) is 9.37 Å². The SMILES string of the molecule is COc1ccc(C)cc1-c1ccccc1Nc1ncc(F)c(Nc2ccccc2-c2cc(C)ccc2OC)n1. The molecule has 196 valence electrons. The zero-order chi connectivity index (χ0) is 27.4. The van der Waals surface area contributed by atoms with E-state index in [4.69, 9.17) is 9.47 Å². The summed E-state index contributed by atoms with van der Waals surface area (Å²) in [4.78, 5) is 8.68. The van der Waals surface area contributed by atoms with E-state index in [9.17, 15) is 4.39 Å². The molecule has 0 bridgehead atoms. The van der Waals surface area contributed by atoms with E-state index in [0.717, 1.165) is 56.8 Å². The van der Waals surface area contributed by atoms with Crippen molar-refractivity contribution in [1.82, 2.24) is 9.97 Å². The number of nitrogens with zero attached hydrogens (tertiary/aromatic N) is 2. The molecule has 0 aliphatic heterocycles. The third kappa shape index (κ3) is 5.52. The second kappa shape index (κ2) is 11.2. The van der Waals surface area contributed by atoms with Gasteiger partial charge in [-0.2, -0.15) is 4.98 Å². The van der Waals surface area contributed by atoms with E-state index in [-0.39, 0.29) is 11.8 Å². The first-order valence-corrected chi connectivity index (χ1v) is 12.5. The summed E-state index contributed by atoms with van der Waals surface area (Å²) in [5.41, 5.74) is 7.26. The lowest BCUT2D eigenvalue weighted by Crippen LogP contribution is -2.05. The summed E-state index contributed by atoms with van der Waals surface area (Å²) in [7, 11) is 3.28. The van der Waals surface area contributed by atoms with E-state index in [2.05, 4.69) is 26.7 Å². The smallest absolute Gasteiger partial charge is 0.229 e. The van der Waals surface area contributed by atoms with Gasteiger partial charge in [0.1, 0.15) is 11.5 Å². The molecule has 39 heavy (non-hydrogen) atoms. The molecular weight excluding hydrogens is 491 g/mol. The summed E-state index contributed by atoms with van der Waals surface area (Å²) < 4.78 is 26.2. The van der Waals surface area contributed by atoms with Gasteiger partial charge in [0.2, 0.25) is 5.95 Å². The van der Waals surface area contributed by atoms with E-state index in [1.165, 1.54) is 0 Å². The zero-order valence-corrected chi connectivity index (χ0v) is 22.2. The largest absolute Gasteiger partial charge is 0.496 e. The van der Waals surface area contributed by atoms with Crippen LogP contribution in [0, 0.1) is 19.7 Å². The Morgan fingerprint density at radius 2 is 1.15 bits per heavy atom. The van der Waals surface area contributed by atoms with Crippen LogP contribution in [0.4, 0.5) is 27.5 Å². The van der Waals surface area contributed by atoms with Gasteiger partial charge in [0.05, 0.1) is 20.4 Å². The van der Waals surface area contributed by atoms with Gasteiger partial charge < -0.3 is 20.1 Å². The van der Waals surface area contributed by atoms with Crippen LogP contribution in [-0.2, 0) is 0 Å². The monoisotopic (exact) mass is 520 g/mol. The number of rotatable bonds is 8. The van der Waals surface area contributed by atoms with E-state index < -0.39 is 5.82 Å². The Morgan fingerprint density at radius 1 is 0.641 bits per heavy atom. The first-order chi connectivity index (χ1) is 19.0. The molecule has 0 radical (unpaired) electrons. The Morgan fingerprint density at radius 3 is 1.69 bits per heavy atom. The maximum absolute atomic E-state index is 15.0. The lowest BCUT2D eigenvalue weighted by Gasteiger charge is -2.17. The highest BCUT2D eigenvalue weighted by Gasteiger charge is 2.16. The Balaban J connectivity index is 1.50. The van der Waals surface area contributed by atoms with Crippen LogP contribution in [0.25, 0.3) is 22.3 Å². The van der Waals surface area contributed by atoms with E-state index in [1.807, 2.05) is 92.7 Å². The van der Waals surface area contributed by atoms with Crippen molar-refractivity contribution in [2.75, 3.05) is 24.9 Å². The molecule has 0 saturated heterocycles. The Labute approximate surface area is 227 Å². The fourth-order valence-electron chi connectivity index (χ4n) is 4.48. The molecule has 6 nitrogen and oxygen atoms in total. The Kier molecular flexibility index (Phi) is 7.41. The number of hydrogen-bond donors (Lipinski definition) is 2. The molecule has 0 unspecified atom stereocenters. The number of halogens is 1. The Bertz CT molecular complexity index is 1640. The molecule has 4 aromatic carbocycles. The quantitative estimate of drug-likeness (QED) is 0.216. The van der Waals surface area contributed by atoms with E-state index >= 15 is 0 Å². The van der Waals surface area contributed by atoms with Gasteiger partial charge in [-0.05, 0) is 50.2 Å². The van der Waals surface area contributed by atoms with Gasteiger partial charge >= 0.3 is 0 Å². The number of aromatic nitrogens is 2. The third-order valence-corrected chi connectivity index (χ3v) is 6.39. The van der Waals surface area contributed by atoms with Crippen molar-refractivity contribution in [1.29, 1.82) is 0 Å². The van der Waals surface area contributed by atoms with Crippen molar-refractivity contribution in [2.45, 2.75) is 13.8 Å². The number of para-hydroxylation sites is 2.